The monoisotopic (exact) mass is 441 g/mol. The molecule has 0 atom stereocenters. The van der Waals surface area contributed by atoms with Crippen LogP contribution in [0, 0.1) is 0 Å². The van der Waals surface area contributed by atoms with Gasteiger partial charge in [0.1, 0.15) is 5.75 Å². The summed E-state index contributed by atoms with van der Waals surface area (Å²) in [6, 6.07) is 16.9. The van der Waals surface area contributed by atoms with Crippen LogP contribution in [0.2, 0.25) is 0 Å². The normalized spacial score (nSPS) is 15.6. The Morgan fingerprint density at radius 2 is 1.69 bits per heavy atom. The molecule has 1 fully saturated rings. The lowest BCUT2D eigenvalue weighted by molar-refractivity contribution is -0.137. The molecule has 1 N–H and O–H groups in total. The first kappa shape index (κ1) is 22.1. The third-order valence-electron chi connectivity index (χ3n) is 5.95. The Balaban J connectivity index is 1.38. The number of pyridine rings is 1. The van der Waals surface area contributed by atoms with Gasteiger partial charge in [-0.05, 0) is 61.2 Å². The molecule has 1 saturated heterocycles. The number of aromatic nitrogens is 1. The van der Waals surface area contributed by atoms with Crippen molar-refractivity contribution in [1.29, 1.82) is 0 Å². The van der Waals surface area contributed by atoms with Gasteiger partial charge in [0.15, 0.2) is 0 Å². The van der Waals surface area contributed by atoms with Crippen LogP contribution in [0.4, 0.5) is 24.5 Å². The number of hydrogen-bond donors (Lipinski definition) is 1. The van der Waals surface area contributed by atoms with Crippen molar-refractivity contribution in [3.63, 3.8) is 0 Å². The quantitative estimate of drug-likeness (QED) is 0.537. The summed E-state index contributed by atoms with van der Waals surface area (Å²) >= 11 is 0. The van der Waals surface area contributed by atoms with Crippen molar-refractivity contribution in [2.75, 3.05) is 24.5 Å². The summed E-state index contributed by atoms with van der Waals surface area (Å²) in [5.41, 5.74) is 2.23. The first-order chi connectivity index (χ1) is 15.4. The summed E-state index contributed by atoms with van der Waals surface area (Å²) < 4.78 is 38.2. The predicted molar refractivity (Wildman–Crippen MR) is 119 cm³/mol. The van der Waals surface area contributed by atoms with Crippen molar-refractivity contribution < 1.29 is 18.3 Å². The molecule has 32 heavy (non-hydrogen) atoms. The number of halogens is 3. The van der Waals surface area contributed by atoms with Crippen molar-refractivity contribution in [3.05, 3.63) is 84.2 Å². The molecule has 4 nitrogen and oxygen atoms in total. The largest absolute Gasteiger partial charge is 0.508 e. The molecule has 0 unspecified atom stereocenters. The van der Waals surface area contributed by atoms with Crippen molar-refractivity contribution >= 4 is 11.4 Å². The molecule has 0 aliphatic carbocycles. The van der Waals surface area contributed by atoms with Crippen LogP contribution in [0.3, 0.4) is 0 Å². The van der Waals surface area contributed by atoms with Crippen LogP contribution in [0.1, 0.15) is 24.0 Å². The minimum absolute atomic E-state index is 0.227. The second-order valence-corrected chi connectivity index (χ2v) is 8.12. The Hall–Kier alpha value is -3.06. The van der Waals surface area contributed by atoms with E-state index in [2.05, 4.69) is 14.8 Å². The number of phenols is 1. The first-order valence-corrected chi connectivity index (χ1v) is 10.8. The molecule has 168 valence electrons. The molecule has 0 spiro atoms. The molecule has 4 rings (SSSR count). The van der Waals surface area contributed by atoms with Gasteiger partial charge in [-0.15, -0.1) is 0 Å². The number of phenolic OH excluding ortho intramolecular Hbond substituents is 1. The highest BCUT2D eigenvalue weighted by Crippen LogP contribution is 2.33. The van der Waals surface area contributed by atoms with Crippen molar-refractivity contribution in [2.24, 2.45) is 0 Å². The van der Waals surface area contributed by atoms with E-state index in [0.29, 0.717) is 0 Å². The lowest BCUT2D eigenvalue weighted by atomic mass is 10.0. The number of piperidine rings is 1. The lowest BCUT2D eigenvalue weighted by Gasteiger charge is -2.39. The van der Waals surface area contributed by atoms with Gasteiger partial charge >= 0.3 is 6.18 Å². The number of rotatable bonds is 6. The summed E-state index contributed by atoms with van der Waals surface area (Å²) in [6.45, 7) is 2.62. The highest BCUT2D eigenvalue weighted by molar-refractivity contribution is 5.64. The number of hydrogen-bond acceptors (Lipinski definition) is 4. The van der Waals surface area contributed by atoms with Gasteiger partial charge in [0, 0.05) is 43.6 Å². The number of alkyl halides is 3. The fraction of sp³-hybridized carbons (Fsp3) is 0.320. The topological polar surface area (TPSA) is 39.6 Å². The zero-order chi connectivity index (χ0) is 22.6. The van der Waals surface area contributed by atoms with Crippen molar-refractivity contribution in [1.82, 2.24) is 9.88 Å². The minimum atomic E-state index is -4.30. The lowest BCUT2D eigenvalue weighted by Crippen LogP contribution is -2.43. The minimum Gasteiger partial charge on any atom is -0.508 e. The summed E-state index contributed by atoms with van der Waals surface area (Å²) in [7, 11) is 0. The van der Waals surface area contributed by atoms with E-state index in [4.69, 9.17) is 0 Å². The van der Waals surface area contributed by atoms with E-state index in [1.54, 1.807) is 30.5 Å². The molecule has 1 aliphatic heterocycles. The van der Waals surface area contributed by atoms with E-state index in [1.807, 2.05) is 30.5 Å². The highest BCUT2D eigenvalue weighted by atomic mass is 19.4. The van der Waals surface area contributed by atoms with Gasteiger partial charge in [-0.3, -0.25) is 4.98 Å². The Bertz CT molecular complexity index is 1000. The van der Waals surface area contributed by atoms with Crippen LogP contribution in [0.5, 0.6) is 5.75 Å². The third kappa shape index (κ3) is 5.40. The summed E-state index contributed by atoms with van der Waals surface area (Å²) in [6.07, 6.45) is 1.89. The number of anilines is 2. The number of aromatic hydroxyl groups is 1. The zero-order valence-electron chi connectivity index (χ0n) is 17.7. The molecular formula is C25H26F3N3O. The van der Waals surface area contributed by atoms with E-state index in [9.17, 15) is 18.3 Å². The fourth-order valence-corrected chi connectivity index (χ4v) is 4.26. The molecule has 0 bridgehead atoms. The maximum Gasteiger partial charge on any atom is 0.416 e. The molecule has 2 heterocycles. The molecule has 7 heteroatoms. The average Bonchev–Trinajstić information content (AvgIpc) is 2.79. The smallest absolute Gasteiger partial charge is 0.416 e. The van der Waals surface area contributed by atoms with Gasteiger partial charge in [-0.2, -0.15) is 13.2 Å². The second kappa shape index (κ2) is 9.61. The first-order valence-electron chi connectivity index (χ1n) is 10.8. The standard InChI is InChI=1S/C25H26F3N3O/c26-25(27,28)20-8-6-19(7-9-20)10-14-30-15-11-21(12-16-30)31(23-4-2-13-29-18-23)22-3-1-5-24(32)17-22/h1-9,13,17-18,21,32H,10-12,14-16H2. The van der Waals surface area contributed by atoms with Gasteiger partial charge in [0.2, 0.25) is 0 Å². The molecule has 0 radical (unpaired) electrons. The molecule has 0 saturated carbocycles. The van der Waals surface area contributed by atoms with E-state index >= 15 is 0 Å². The molecule has 0 amide bonds. The molecule has 3 aromatic rings. The average molecular weight is 441 g/mol. The second-order valence-electron chi connectivity index (χ2n) is 8.12. The maximum atomic E-state index is 12.7. The van der Waals surface area contributed by atoms with Crippen molar-refractivity contribution in [3.8, 4) is 5.75 Å². The zero-order valence-corrected chi connectivity index (χ0v) is 17.7. The number of nitrogens with zero attached hydrogens (tertiary/aromatic N) is 3. The van der Waals surface area contributed by atoms with Gasteiger partial charge in [0.05, 0.1) is 17.4 Å². The fourth-order valence-electron chi connectivity index (χ4n) is 4.26. The summed E-state index contributed by atoms with van der Waals surface area (Å²) in [5, 5.41) is 9.98. The SMILES string of the molecule is Oc1cccc(N(c2cccnc2)C2CCN(CCc3ccc(C(F)(F)F)cc3)CC2)c1. The van der Waals surface area contributed by atoms with Gasteiger partial charge < -0.3 is 14.9 Å². The number of benzene rings is 2. The maximum absolute atomic E-state index is 12.7. The van der Waals surface area contributed by atoms with Crippen molar-refractivity contribution in [2.45, 2.75) is 31.5 Å². The predicted octanol–water partition coefficient (Wildman–Crippen LogP) is 5.65. The molecule has 1 aromatic heterocycles. The molecule has 1 aliphatic rings. The van der Waals surface area contributed by atoms with E-state index in [-0.39, 0.29) is 11.8 Å². The molecular weight excluding hydrogens is 415 g/mol. The third-order valence-corrected chi connectivity index (χ3v) is 5.95. The van der Waals surface area contributed by atoms with Gasteiger partial charge in [-0.25, -0.2) is 0 Å². The Kier molecular flexibility index (Phi) is 6.65. The van der Waals surface area contributed by atoms with Crippen LogP contribution in [-0.2, 0) is 12.6 Å². The van der Waals surface area contributed by atoms with Crippen LogP contribution in [0.15, 0.2) is 73.1 Å². The van der Waals surface area contributed by atoms with E-state index < -0.39 is 11.7 Å². The Morgan fingerprint density at radius 1 is 0.969 bits per heavy atom. The molecule has 2 aromatic carbocycles. The van der Waals surface area contributed by atoms with Crippen LogP contribution in [0.25, 0.3) is 0 Å². The van der Waals surface area contributed by atoms with E-state index in [1.165, 1.54) is 0 Å². The summed E-state index contributed by atoms with van der Waals surface area (Å²) in [5.74, 6) is 0.227. The van der Waals surface area contributed by atoms with Gasteiger partial charge in [-0.1, -0.05) is 18.2 Å². The van der Waals surface area contributed by atoms with Crippen LogP contribution >= 0.6 is 0 Å². The van der Waals surface area contributed by atoms with E-state index in [0.717, 1.165) is 68.0 Å². The number of likely N-dealkylation sites (tertiary alicyclic amines) is 1. The Labute approximate surface area is 185 Å². The van der Waals surface area contributed by atoms with Crippen LogP contribution < -0.4 is 4.90 Å². The van der Waals surface area contributed by atoms with Gasteiger partial charge in [0.25, 0.3) is 0 Å². The van der Waals surface area contributed by atoms with Crippen LogP contribution in [-0.4, -0.2) is 40.7 Å². The Morgan fingerprint density at radius 3 is 2.31 bits per heavy atom. The highest BCUT2D eigenvalue weighted by Gasteiger charge is 2.30. The summed E-state index contributed by atoms with van der Waals surface area (Å²) in [4.78, 5) is 8.86.